The number of hydrogen-bond acceptors (Lipinski definition) is 5. The summed E-state index contributed by atoms with van der Waals surface area (Å²) in [6.45, 7) is 5.27. The Morgan fingerprint density at radius 3 is 2.52 bits per heavy atom. The molecule has 3 rings (SSSR count). The molecule has 0 fully saturated rings. The van der Waals surface area contributed by atoms with Crippen LogP contribution in [-0.2, 0) is 13.1 Å². The van der Waals surface area contributed by atoms with Crippen molar-refractivity contribution in [2.24, 2.45) is 0 Å². The van der Waals surface area contributed by atoms with Crippen molar-refractivity contribution < 1.29 is 9.53 Å². The number of nitrogens with zero attached hydrogens (tertiary/aromatic N) is 3. The fraction of sp³-hybridized carbons (Fsp3) is 0.261. The maximum Gasteiger partial charge on any atom is 0.270 e. The topological polar surface area (TPSA) is 67.3 Å². The van der Waals surface area contributed by atoms with Gasteiger partial charge in [0.2, 0.25) is 0 Å². The van der Waals surface area contributed by atoms with Crippen LogP contribution < -0.4 is 15.0 Å². The van der Waals surface area contributed by atoms with E-state index < -0.39 is 0 Å². The number of anilines is 1. The average Bonchev–Trinajstić information content (AvgIpc) is 2.76. The Hall–Kier alpha value is -3.41. The van der Waals surface area contributed by atoms with Crippen molar-refractivity contribution in [2.75, 3.05) is 12.0 Å². The van der Waals surface area contributed by atoms with E-state index in [1.54, 1.807) is 13.2 Å². The summed E-state index contributed by atoms with van der Waals surface area (Å²) in [6, 6.07) is 19.8. The van der Waals surface area contributed by atoms with Crippen LogP contribution in [0.15, 0.2) is 67.0 Å². The lowest BCUT2D eigenvalue weighted by Gasteiger charge is -2.28. The minimum atomic E-state index is -0.247. The van der Waals surface area contributed by atoms with Gasteiger partial charge in [-0.1, -0.05) is 48.5 Å². The summed E-state index contributed by atoms with van der Waals surface area (Å²) < 4.78 is 5.33. The van der Waals surface area contributed by atoms with Gasteiger partial charge in [-0.25, -0.2) is 9.97 Å². The van der Waals surface area contributed by atoms with Crippen LogP contribution in [0, 0.1) is 0 Å². The van der Waals surface area contributed by atoms with E-state index >= 15 is 0 Å². The number of rotatable bonds is 8. The lowest BCUT2D eigenvalue weighted by Crippen LogP contribution is -2.31. The van der Waals surface area contributed by atoms with Crippen LogP contribution in [0.1, 0.15) is 35.5 Å². The lowest BCUT2D eigenvalue weighted by atomic mass is 10.2. The zero-order chi connectivity index (χ0) is 20.6. The van der Waals surface area contributed by atoms with Gasteiger partial charge in [0, 0.05) is 30.8 Å². The highest BCUT2D eigenvalue weighted by Gasteiger charge is 2.16. The third kappa shape index (κ3) is 5.31. The van der Waals surface area contributed by atoms with Gasteiger partial charge >= 0.3 is 0 Å². The van der Waals surface area contributed by atoms with Crippen LogP contribution in [0.25, 0.3) is 0 Å². The molecule has 0 spiro atoms. The van der Waals surface area contributed by atoms with Crippen molar-refractivity contribution in [2.45, 2.75) is 33.0 Å². The molecule has 1 N–H and O–H groups in total. The van der Waals surface area contributed by atoms with Crippen molar-refractivity contribution in [3.63, 3.8) is 0 Å². The third-order valence-corrected chi connectivity index (χ3v) is 4.63. The summed E-state index contributed by atoms with van der Waals surface area (Å²) in [5, 5.41) is 2.91. The van der Waals surface area contributed by atoms with Crippen molar-refractivity contribution in [3.05, 3.63) is 83.8 Å². The van der Waals surface area contributed by atoms with Crippen LogP contribution in [0.5, 0.6) is 5.75 Å². The molecule has 0 aliphatic carbocycles. The highest BCUT2D eigenvalue weighted by atomic mass is 16.5. The van der Waals surface area contributed by atoms with E-state index in [1.807, 2.05) is 42.5 Å². The molecule has 1 aromatic heterocycles. The molecule has 1 amide bonds. The van der Waals surface area contributed by atoms with Gasteiger partial charge in [-0.15, -0.1) is 0 Å². The first kappa shape index (κ1) is 20.3. The summed E-state index contributed by atoms with van der Waals surface area (Å²) in [6.07, 6.45) is 1.44. The van der Waals surface area contributed by atoms with E-state index in [0.717, 1.165) is 17.1 Å². The van der Waals surface area contributed by atoms with E-state index in [4.69, 9.17) is 4.74 Å². The number of amides is 1. The summed E-state index contributed by atoms with van der Waals surface area (Å²) in [4.78, 5) is 23.4. The standard InChI is InChI=1S/C23H26N4O2/c1-17(2)27(15-18-9-5-4-6-10-18)22-13-20(25-16-26-22)23(28)24-14-19-11-7-8-12-21(19)29-3/h4-13,16-17H,14-15H2,1-3H3,(H,24,28). The molecular weight excluding hydrogens is 364 g/mol. The van der Waals surface area contributed by atoms with Crippen LogP contribution in [0.2, 0.25) is 0 Å². The summed E-state index contributed by atoms with van der Waals surface area (Å²) >= 11 is 0. The minimum Gasteiger partial charge on any atom is -0.496 e. The number of hydrogen-bond donors (Lipinski definition) is 1. The Kier molecular flexibility index (Phi) is 6.79. The number of benzene rings is 2. The van der Waals surface area contributed by atoms with E-state index in [2.05, 4.69) is 46.2 Å². The molecule has 0 aliphatic rings. The molecule has 6 nitrogen and oxygen atoms in total. The zero-order valence-corrected chi connectivity index (χ0v) is 17.0. The van der Waals surface area contributed by atoms with Gasteiger partial charge in [-0.2, -0.15) is 0 Å². The van der Waals surface area contributed by atoms with Crippen LogP contribution >= 0.6 is 0 Å². The Morgan fingerprint density at radius 1 is 1.07 bits per heavy atom. The van der Waals surface area contributed by atoms with Gasteiger partial charge in [0.25, 0.3) is 5.91 Å². The van der Waals surface area contributed by atoms with Crippen molar-refractivity contribution in [1.29, 1.82) is 0 Å². The monoisotopic (exact) mass is 390 g/mol. The second-order valence-electron chi connectivity index (χ2n) is 6.96. The third-order valence-electron chi connectivity index (χ3n) is 4.63. The van der Waals surface area contributed by atoms with Crippen LogP contribution in [0.4, 0.5) is 5.82 Å². The Morgan fingerprint density at radius 2 is 1.79 bits per heavy atom. The summed E-state index contributed by atoms with van der Waals surface area (Å²) in [5.41, 5.74) is 2.43. The molecular formula is C23H26N4O2. The van der Waals surface area contributed by atoms with Crippen LogP contribution in [0.3, 0.4) is 0 Å². The number of carbonyl (C=O) groups is 1. The second kappa shape index (κ2) is 9.68. The molecule has 0 unspecified atom stereocenters. The average molecular weight is 390 g/mol. The molecule has 0 bridgehead atoms. The van der Waals surface area contributed by atoms with Gasteiger partial charge in [0.05, 0.1) is 7.11 Å². The summed E-state index contributed by atoms with van der Waals surface area (Å²) in [5.74, 6) is 1.22. The zero-order valence-electron chi connectivity index (χ0n) is 17.0. The van der Waals surface area contributed by atoms with E-state index in [1.165, 1.54) is 11.9 Å². The number of methoxy groups -OCH3 is 1. The molecule has 3 aromatic rings. The number of nitrogens with one attached hydrogen (secondary N) is 1. The molecule has 1 heterocycles. The molecule has 0 aliphatic heterocycles. The quantitative estimate of drug-likeness (QED) is 0.633. The Labute approximate surface area is 171 Å². The van der Waals surface area contributed by atoms with Gasteiger partial charge < -0.3 is 15.0 Å². The molecule has 0 radical (unpaired) electrons. The van der Waals surface area contributed by atoms with E-state index in [9.17, 15) is 4.79 Å². The molecule has 0 saturated carbocycles. The van der Waals surface area contributed by atoms with Crippen molar-refractivity contribution in [1.82, 2.24) is 15.3 Å². The number of ether oxygens (including phenoxy) is 1. The van der Waals surface area contributed by atoms with Gasteiger partial charge in [-0.05, 0) is 25.5 Å². The number of carbonyl (C=O) groups excluding carboxylic acids is 1. The van der Waals surface area contributed by atoms with Gasteiger partial charge in [-0.3, -0.25) is 4.79 Å². The first-order valence-electron chi connectivity index (χ1n) is 9.61. The normalized spacial score (nSPS) is 10.6. The Balaban J connectivity index is 1.74. The fourth-order valence-corrected chi connectivity index (χ4v) is 3.05. The van der Waals surface area contributed by atoms with Crippen molar-refractivity contribution >= 4 is 11.7 Å². The maximum absolute atomic E-state index is 12.7. The second-order valence-corrected chi connectivity index (χ2v) is 6.96. The number of para-hydroxylation sites is 1. The predicted molar refractivity (Wildman–Crippen MR) is 114 cm³/mol. The molecule has 2 aromatic carbocycles. The maximum atomic E-state index is 12.7. The molecule has 150 valence electrons. The van der Waals surface area contributed by atoms with Gasteiger partial charge in [0.15, 0.2) is 0 Å². The van der Waals surface area contributed by atoms with Crippen molar-refractivity contribution in [3.8, 4) is 5.75 Å². The number of aromatic nitrogens is 2. The van der Waals surface area contributed by atoms with Crippen LogP contribution in [-0.4, -0.2) is 29.0 Å². The molecule has 0 saturated heterocycles. The predicted octanol–water partition coefficient (Wildman–Crippen LogP) is 3.83. The molecule has 6 heteroatoms. The molecule has 0 atom stereocenters. The smallest absolute Gasteiger partial charge is 0.270 e. The van der Waals surface area contributed by atoms with Gasteiger partial charge in [0.1, 0.15) is 23.6 Å². The lowest BCUT2D eigenvalue weighted by molar-refractivity contribution is 0.0945. The Bertz CT molecular complexity index is 944. The largest absolute Gasteiger partial charge is 0.496 e. The van der Waals surface area contributed by atoms with E-state index in [0.29, 0.717) is 18.8 Å². The molecule has 29 heavy (non-hydrogen) atoms. The fourth-order valence-electron chi connectivity index (χ4n) is 3.05. The van der Waals surface area contributed by atoms with E-state index in [-0.39, 0.29) is 11.9 Å². The highest BCUT2D eigenvalue weighted by Crippen LogP contribution is 2.19. The highest BCUT2D eigenvalue weighted by molar-refractivity contribution is 5.92. The SMILES string of the molecule is COc1ccccc1CNC(=O)c1cc(N(Cc2ccccc2)C(C)C)ncn1. The first-order chi connectivity index (χ1) is 14.1. The first-order valence-corrected chi connectivity index (χ1v) is 9.61. The minimum absolute atomic E-state index is 0.217. The summed E-state index contributed by atoms with van der Waals surface area (Å²) in [7, 11) is 1.62.